The van der Waals surface area contributed by atoms with Gasteiger partial charge in [0.05, 0.1) is 6.54 Å². The third-order valence-corrected chi connectivity index (χ3v) is 4.76. The van der Waals surface area contributed by atoms with Crippen LogP contribution >= 0.6 is 0 Å². The Bertz CT molecular complexity index is 1120. The number of benzene rings is 3. The van der Waals surface area contributed by atoms with Crippen LogP contribution in [-0.2, 0) is 6.61 Å². The minimum Gasteiger partial charge on any atom is -0.492 e. The number of para-hydroxylation sites is 1. The molecule has 3 aromatic carbocycles. The van der Waals surface area contributed by atoms with Gasteiger partial charge in [0.25, 0.3) is 5.91 Å². The van der Waals surface area contributed by atoms with Gasteiger partial charge in [-0.3, -0.25) is 4.79 Å². The molecular formula is C25H23NO4. The number of carbonyl (C=O) groups is 1. The van der Waals surface area contributed by atoms with Crippen molar-refractivity contribution in [2.75, 3.05) is 20.2 Å². The summed E-state index contributed by atoms with van der Waals surface area (Å²) in [6.45, 7) is 1.12. The molecule has 0 radical (unpaired) electrons. The van der Waals surface area contributed by atoms with E-state index >= 15 is 0 Å². The second kappa shape index (κ2) is 9.18. The Labute approximate surface area is 175 Å². The molecule has 0 atom stereocenters. The Hall–Kier alpha value is -3.73. The first-order valence-electron chi connectivity index (χ1n) is 9.83. The number of hydrogen-bond acceptors (Lipinski definition) is 4. The lowest BCUT2D eigenvalue weighted by atomic mass is 10.1. The molecule has 4 aromatic rings. The van der Waals surface area contributed by atoms with Crippen LogP contribution in [0.25, 0.3) is 10.8 Å². The van der Waals surface area contributed by atoms with E-state index in [1.54, 1.807) is 24.1 Å². The van der Waals surface area contributed by atoms with Crippen LogP contribution in [0.3, 0.4) is 0 Å². The zero-order valence-electron chi connectivity index (χ0n) is 16.8. The fraction of sp³-hybridized carbons (Fsp3) is 0.160. The zero-order valence-corrected chi connectivity index (χ0v) is 16.8. The number of amides is 1. The Morgan fingerprint density at radius 2 is 1.60 bits per heavy atom. The van der Waals surface area contributed by atoms with E-state index in [1.165, 1.54) is 0 Å². The second-order valence-electron chi connectivity index (χ2n) is 6.95. The number of rotatable bonds is 8. The monoisotopic (exact) mass is 401 g/mol. The average Bonchev–Trinajstić information content (AvgIpc) is 3.27. The third kappa shape index (κ3) is 4.81. The normalized spacial score (nSPS) is 10.7. The lowest BCUT2D eigenvalue weighted by molar-refractivity contribution is 0.0738. The lowest BCUT2D eigenvalue weighted by Crippen LogP contribution is -2.30. The average molecular weight is 401 g/mol. The maximum atomic E-state index is 12.6. The molecule has 5 nitrogen and oxygen atoms in total. The quantitative estimate of drug-likeness (QED) is 0.409. The maximum Gasteiger partial charge on any atom is 0.289 e. The minimum absolute atomic E-state index is 0.191. The predicted octanol–water partition coefficient (Wildman–Crippen LogP) is 5.16. The highest BCUT2D eigenvalue weighted by molar-refractivity contribution is 5.91. The zero-order chi connectivity index (χ0) is 20.8. The van der Waals surface area contributed by atoms with Gasteiger partial charge in [0, 0.05) is 7.05 Å². The number of fused-ring (bicyclic) bond motifs is 1. The van der Waals surface area contributed by atoms with Gasteiger partial charge in [-0.05, 0) is 47.2 Å². The van der Waals surface area contributed by atoms with E-state index in [0.717, 1.165) is 22.3 Å². The number of ether oxygens (including phenoxy) is 2. The summed E-state index contributed by atoms with van der Waals surface area (Å²) in [6.07, 6.45) is 0. The van der Waals surface area contributed by atoms with E-state index in [4.69, 9.17) is 13.9 Å². The first-order valence-corrected chi connectivity index (χ1v) is 9.83. The van der Waals surface area contributed by atoms with Crippen molar-refractivity contribution in [1.29, 1.82) is 0 Å². The van der Waals surface area contributed by atoms with Crippen LogP contribution in [0.2, 0.25) is 0 Å². The van der Waals surface area contributed by atoms with Crippen molar-refractivity contribution in [1.82, 2.24) is 4.90 Å². The molecular weight excluding hydrogens is 378 g/mol. The van der Waals surface area contributed by atoms with Crippen LogP contribution in [-0.4, -0.2) is 31.0 Å². The maximum absolute atomic E-state index is 12.6. The highest BCUT2D eigenvalue weighted by Gasteiger charge is 2.16. The van der Waals surface area contributed by atoms with E-state index in [1.807, 2.05) is 66.7 Å². The van der Waals surface area contributed by atoms with Crippen LogP contribution < -0.4 is 9.47 Å². The summed E-state index contributed by atoms with van der Waals surface area (Å²) in [6, 6.07) is 27.0. The number of carbonyl (C=O) groups excluding carboxylic acids is 1. The first kappa shape index (κ1) is 19.6. The highest BCUT2D eigenvalue weighted by Crippen LogP contribution is 2.22. The molecule has 1 amide bonds. The topological polar surface area (TPSA) is 51.9 Å². The van der Waals surface area contributed by atoms with E-state index in [9.17, 15) is 4.79 Å². The molecule has 4 rings (SSSR count). The summed E-state index contributed by atoms with van der Waals surface area (Å²) >= 11 is 0. The van der Waals surface area contributed by atoms with Crippen LogP contribution in [0.15, 0.2) is 89.3 Å². The van der Waals surface area contributed by atoms with Crippen LogP contribution in [0.1, 0.15) is 16.3 Å². The van der Waals surface area contributed by atoms with Gasteiger partial charge in [-0.15, -0.1) is 0 Å². The lowest BCUT2D eigenvalue weighted by Gasteiger charge is -2.16. The molecule has 0 aliphatic carbocycles. The Morgan fingerprint density at radius 1 is 0.833 bits per heavy atom. The van der Waals surface area contributed by atoms with Crippen molar-refractivity contribution in [2.45, 2.75) is 6.61 Å². The van der Waals surface area contributed by atoms with E-state index in [0.29, 0.717) is 18.9 Å². The fourth-order valence-electron chi connectivity index (χ4n) is 3.09. The molecule has 0 aliphatic rings. The molecule has 0 fully saturated rings. The Kier molecular flexibility index (Phi) is 5.99. The van der Waals surface area contributed by atoms with Crippen molar-refractivity contribution >= 4 is 16.7 Å². The largest absolute Gasteiger partial charge is 0.492 e. The van der Waals surface area contributed by atoms with Gasteiger partial charge in [0.15, 0.2) is 5.76 Å². The van der Waals surface area contributed by atoms with Crippen LogP contribution in [0.5, 0.6) is 11.5 Å². The van der Waals surface area contributed by atoms with E-state index in [-0.39, 0.29) is 18.3 Å². The highest BCUT2D eigenvalue weighted by atomic mass is 16.5. The molecule has 1 heterocycles. The van der Waals surface area contributed by atoms with Crippen molar-refractivity contribution < 1.29 is 18.7 Å². The molecule has 1 aromatic heterocycles. The van der Waals surface area contributed by atoms with Gasteiger partial charge in [0.1, 0.15) is 30.5 Å². The van der Waals surface area contributed by atoms with Crippen LogP contribution in [0.4, 0.5) is 0 Å². The fourth-order valence-corrected chi connectivity index (χ4v) is 3.09. The predicted molar refractivity (Wildman–Crippen MR) is 116 cm³/mol. The molecule has 0 unspecified atom stereocenters. The summed E-state index contributed by atoms with van der Waals surface area (Å²) in [5.41, 5.74) is 0. The van der Waals surface area contributed by atoms with Gasteiger partial charge < -0.3 is 18.8 Å². The summed E-state index contributed by atoms with van der Waals surface area (Å²) in [5, 5.41) is 2.28. The molecule has 0 bridgehead atoms. The number of hydrogen-bond donors (Lipinski definition) is 0. The molecule has 5 heteroatoms. The van der Waals surface area contributed by atoms with Gasteiger partial charge in [-0.2, -0.15) is 0 Å². The van der Waals surface area contributed by atoms with Crippen molar-refractivity contribution in [3.05, 3.63) is 96.4 Å². The van der Waals surface area contributed by atoms with Crippen molar-refractivity contribution in [3.8, 4) is 11.5 Å². The summed E-state index contributed by atoms with van der Waals surface area (Å²) in [4.78, 5) is 14.1. The van der Waals surface area contributed by atoms with Gasteiger partial charge in [-0.1, -0.05) is 48.5 Å². The minimum atomic E-state index is -0.191. The van der Waals surface area contributed by atoms with E-state index in [2.05, 4.69) is 6.07 Å². The standard InChI is InChI=1S/C25H23NO4/c1-26(15-16-28-21-9-3-2-4-10-21)25(27)24-14-13-23(30-24)18-29-22-12-11-19-7-5-6-8-20(19)17-22/h2-14,17H,15-16,18H2,1H3. The Balaban J connectivity index is 1.29. The molecule has 30 heavy (non-hydrogen) atoms. The van der Waals surface area contributed by atoms with Gasteiger partial charge in [0.2, 0.25) is 0 Å². The number of furan rings is 1. The molecule has 152 valence electrons. The van der Waals surface area contributed by atoms with Gasteiger partial charge in [-0.25, -0.2) is 0 Å². The molecule has 0 aliphatic heterocycles. The SMILES string of the molecule is CN(CCOc1ccccc1)C(=O)c1ccc(COc2ccc3ccccc3c2)o1. The second-order valence-corrected chi connectivity index (χ2v) is 6.95. The first-order chi connectivity index (χ1) is 14.7. The molecule has 0 saturated heterocycles. The van der Waals surface area contributed by atoms with Crippen molar-refractivity contribution in [2.24, 2.45) is 0 Å². The summed E-state index contributed by atoms with van der Waals surface area (Å²) < 4.78 is 17.2. The van der Waals surface area contributed by atoms with E-state index < -0.39 is 0 Å². The van der Waals surface area contributed by atoms with Crippen molar-refractivity contribution in [3.63, 3.8) is 0 Å². The molecule has 0 saturated carbocycles. The Morgan fingerprint density at radius 3 is 2.43 bits per heavy atom. The third-order valence-electron chi connectivity index (χ3n) is 4.76. The van der Waals surface area contributed by atoms with Crippen LogP contribution in [0, 0.1) is 0 Å². The number of likely N-dealkylation sites (N-methyl/N-ethyl adjacent to an activating group) is 1. The van der Waals surface area contributed by atoms with Gasteiger partial charge >= 0.3 is 0 Å². The smallest absolute Gasteiger partial charge is 0.289 e. The molecule has 0 spiro atoms. The number of nitrogens with zero attached hydrogens (tertiary/aromatic N) is 1. The summed E-state index contributed by atoms with van der Waals surface area (Å²) in [7, 11) is 1.73. The summed E-state index contributed by atoms with van der Waals surface area (Å²) in [5.74, 6) is 2.23. The molecule has 0 N–H and O–H groups in total.